The Morgan fingerprint density at radius 1 is 1.37 bits per heavy atom. The van der Waals surface area contributed by atoms with Crippen LogP contribution in [0.5, 0.6) is 0 Å². The molecule has 0 unspecified atom stereocenters. The number of hydrogen-bond donors (Lipinski definition) is 2. The lowest BCUT2D eigenvalue weighted by Gasteiger charge is -2.38. The Morgan fingerprint density at radius 2 is 2.16 bits per heavy atom. The van der Waals surface area contributed by atoms with Crippen molar-refractivity contribution in [2.75, 3.05) is 19.6 Å². The van der Waals surface area contributed by atoms with E-state index in [2.05, 4.69) is 11.4 Å². The number of nitrogens with zero attached hydrogens (tertiary/aromatic N) is 1. The Balaban J connectivity index is 1.58. The molecule has 1 aliphatic heterocycles. The molecule has 2 N–H and O–H groups in total. The predicted molar refractivity (Wildman–Crippen MR) is 71.9 cm³/mol. The highest BCUT2D eigenvalue weighted by Crippen LogP contribution is 2.20. The summed E-state index contributed by atoms with van der Waals surface area (Å²) in [5, 5.41) is 11.5. The van der Waals surface area contributed by atoms with Gasteiger partial charge in [0.15, 0.2) is 0 Å². The van der Waals surface area contributed by atoms with E-state index in [4.69, 9.17) is 5.11 Å². The Hall–Kier alpha value is -1.52. The van der Waals surface area contributed by atoms with Crippen LogP contribution in [-0.2, 0) is 4.79 Å². The molecule has 106 valence electrons. The van der Waals surface area contributed by atoms with Crippen LogP contribution in [-0.4, -0.2) is 41.6 Å². The zero-order valence-electron chi connectivity index (χ0n) is 11.2. The first-order valence-electron chi connectivity index (χ1n) is 7.07. The number of carbonyl (C=O) groups excluding carboxylic acids is 1. The van der Waals surface area contributed by atoms with E-state index < -0.39 is 5.97 Å². The number of allylic oxidation sites excluding steroid dienone is 1. The Kier molecular flexibility index (Phi) is 4.82. The number of hydrogen-bond acceptors (Lipinski definition) is 2. The highest BCUT2D eigenvalue weighted by molar-refractivity contribution is 5.75. The number of likely N-dealkylation sites (tertiary alicyclic amines) is 1. The van der Waals surface area contributed by atoms with Crippen molar-refractivity contribution in [2.45, 2.75) is 38.5 Å². The van der Waals surface area contributed by atoms with Gasteiger partial charge in [-0.1, -0.05) is 11.6 Å². The third-order valence-corrected chi connectivity index (χ3v) is 3.82. The fraction of sp³-hybridized carbons (Fsp3) is 0.714. The van der Waals surface area contributed by atoms with Gasteiger partial charge < -0.3 is 15.3 Å². The molecule has 0 bridgehead atoms. The molecule has 1 saturated heterocycles. The number of carboxylic acid groups (broad SMARTS) is 1. The molecule has 0 radical (unpaired) electrons. The van der Waals surface area contributed by atoms with Crippen molar-refractivity contribution < 1.29 is 14.7 Å². The third kappa shape index (κ3) is 4.26. The third-order valence-electron chi connectivity index (χ3n) is 3.82. The van der Waals surface area contributed by atoms with Gasteiger partial charge in [-0.3, -0.25) is 4.79 Å². The maximum absolute atomic E-state index is 11.7. The van der Waals surface area contributed by atoms with E-state index in [0.29, 0.717) is 19.6 Å². The lowest BCUT2D eigenvalue weighted by molar-refractivity contribution is -0.139. The van der Waals surface area contributed by atoms with Gasteiger partial charge in [0.25, 0.3) is 0 Å². The van der Waals surface area contributed by atoms with Crippen molar-refractivity contribution in [2.24, 2.45) is 5.92 Å². The molecule has 2 rings (SSSR count). The summed E-state index contributed by atoms with van der Waals surface area (Å²) in [6.45, 7) is 1.83. The molecule has 0 saturated carbocycles. The number of carbonyl (C=O) groups is 2. The molecule has 0 aromatic carbocycles. The maximum Gasteiger partial charge on any atom is 0.317 e. The van der Waals surface area contributed by atoms with Crippen LogP contribution < -0.4 is 5.32 Å². The minimum atomic E-state index is -0.783. The molecule has 0 aromatic rings. The van der Waals surface area contributed by atoms with Crippen molar-refractivity contribution in [3.05, 3.63) is 11.6 Å². The van der Waals surface area contributed by atoms with Crippen LogP contribution in [0.25, 0.3) is 0 Å². The number of amides is 2. The lowest BCUT2D eigenvalue weighted by Crippen LogP contribution is -2.54. The van der Waals surface area contributed by atoms with Crippen molar-refractivity contribution >= 4 is 12.0 Å². The maximum atomic E-state index is 11.7. The first kappa shape index (κ1) is 13.9. The van der Waals surface area contributed by atoms with Gasteiger partial charge in [-0.2, -0.15) is 0 Å². The van der Waals surface area contributed by atoms with Crippen LogP contribution in [0, 0.1) is 5.92 Å². The van der Waals surface area contributed by atoms with E-state index >= 15 is 0 Å². The quantitative estimate of drug-likeness (QED) is 0.748. The molecule has 0 spiro atoms. The molecule has 1 heterocycles. The zero-order chi connectivity index (χ0) is 13.7. The molecule has 0 aromatic heterocycles. The summed E-state index contributed by atoms with van der Waals surface area (Å²) in [4.78, 5) is 23.9. The smallest absolute Gasteiger partial charge is 0.317 e. The van der Waals surface area contributed by atoms with Crippen LogP contribution in [0.3, 0.4) is 0 Å². The number of carboxylic acids is 1. The fourth-order valence-corrected chi connectivity index (χ4v) is 2.69. The number of nitrogens with one attached hydrogen (secondary N) is 1. The average molecular weight is 266 g/mol. The minimum Gasteiger partial charge on any atom is -0.481 e. The second kappa shape index (κ2) is 6.59. The molecular formula is C14H22N2O3. The molecule has 2 aliphatic rings. The standard InChI is InChI=1S/C14H22N2O3/c17-13(18)8-12-9-16(10-12)14(19)15-7-6-11-4-2-1-3-5-11/h4,12H,1-3,5-10H2,(H,15,19)(H,17,18). The van der Waals surface area contributed by atoms with Gasteiger partial charge in [0, 0.05) is 25.6 Å². The van der Waals surface area contributed by atoms with Crippen molar-refractivity contribution in [3.63, 3.8) is 0 Å². The molecule has 1 fully saturated rings. The van der Waals surface area contributed by atoms with Gasteiger partial charge in [-0.15, -0.1) is 0 Å². The first-order valence-corrected chi connectivity index (χ1v) is 7.07. The Bertz CT molecular complexity index is 373. The topological polar surface area (TPSA) is 69.6 Å². The average Bonchev–Trinajstić information content (AvgIpc) is 2.34. The zero-order valence-corrected chi connectivity index (χ0v) is 11.2. The predicted octanol–water partition coefficient (Wildman–Crippen LogP) is 1.99. The van der Waals surface area contributed by atoms with Gasteiger partial charge in [-0.25, -0.2) is 4.79 Å². The van der Waals surface area contributed by atoms with Crippen molar-refractivity contribution in [1.29, 1.82) is 0 Å². The number of aliphatic carboxylic acids is 1. The van der Waals surface area contributed by atoms with Crippen LogP contribution in [0.2, 0.25) is 0 Å². The SMILES string of the molecule is O=C(O)CC1CN(C(=O)NCCC2=CCCCC2)C1. The summed E-state index contributed by atoms with van der Waals surface area (Å²) in [6, 6.07) is -0.0574. The van der Waals surface area contributed by atoms with E-state index in [1.54, 1.807) is 4.90 Å². The van der Waals surface area contributed by atoms with Crippen LogP contribution >= 0.6 is 0 Å². The van der Waals surface area contributed by atoms with Crippen LogP contribution in [0.4, 0.5) is 4.79 Å². The van der Waals surface area contributed by atoms with E-state index in [-0.39, 0.29) is 18.4 Å². The lowest BCUT2D eigenvalue weighted by atomic mass is 9.96. The van der Waals surface area contributed by atoms with Crippen molar-refractivity contribution in [1.82, 2.24) is 10.2 Å². The fourth-order valence-electron chi connectivity index (χ4n) is 2.69. The normalized spacial score (nSPS) is 19.6. The van der Waals surface area contributed by atoms with Gasteiger partial charge >= 0.3 is 12.0 Å². The molecule has 1 aliphatic carbocycles. The van der Waals surface area contributed by atoms with Crippen LogP contribution in [0.15, 0.2) is 11.6 Å². The highest BCUT2D eigenvalue weighted by Gasteiger charge is 2.31. The van der Waals surface area contributed by atoms with Gasteiger partial charge in [-0.05, 0) is 32.1 Å². The summed E-state index contributed by atoms with van der Waals surface area (Å²) < 4.78 is 0. The highest BCUT2D eigenvalue weighted by atomic mass is 16.4. The van der Waals surface area contributed by atoms with Crippen LogP contribution in [0.1, 0.15) is 38.5 Å². The second-order valence-corrected chi connectivity index (χ2v) is 5.46. The summed E-state index contributed by atoms with van der Waals surface area (Å²) in [5.74, 6) is -0.654. The summed E-state index contributed by atoms with van der Waals surface area (Å²) in [6.07, 6.45) is 8.29. The molecule has 0 atom stereocenters. The van der Waals surface area contributed by atoms with Gasteiger partial charge in [0.1, 0.15) is 0 Å². The summed E-state index contributed by atoms with van der Waals surface area (Å²) in [7, 11) is 0. The molecule has 2 amide bonds. The largest absolute Gasteiger partial charge is 0.481 e. The van der Waals surface area contributed by atoms with E-state index in [1.165, 1.54) is 31.3 Å². The summed E-state index contributed by atoms with van der Waals surface area (Å²) >= 11 is 0. The second-order valence-electron chi connectivity index (χ2n) is 5.46. The van der Waals surface area contributed by atoms with Gasteiger partial charge in [0.2, 0.25) is 0 Å². The van der Waals surface area contributed by atoms with Crippen molar-refractivity contribution in [3.8, 4) is 0 Å². The Labute approximate surface area is 113 Å². The first-order chi connectivity index (χ1) is 9.15. The molecule has 5 nitrogen and oxygen atoms in total. The Morgan fingerprint density at radius 3 is 2.79 bits per heavy atom. The van der Waals surface area contributed by atoms with E-state index in [1.807, 2.05) is 0 Å². The minimum absolute atomic E-state index is 0.0574. The van der Waals surface area contributed by atoms with E-state index in [9.17, 15) is 9.59 Å². The van der Waals surface area contributed by atoms with Gasteiger partial charge in [0.05, 0.1) is 6.42 Å². The van der Waals surface area contributed by atoms with E-state index in [0.717, 1.165) is 6.42 Å². The molecule has 19 heavy (non-hydrogen) atoms. The number of rotatable bonds is 5. The number of urea groups is 1. The molecule has 5 heteroatoms. The summed E-state index contributed by atoms with van der Waals surface area (Å²) in [5.41, 5.74) is 1.46. The monoisotopic (exact) mass is 266 g/mol. The molecular weight excluding hydrogens is 244 g/mol.